The highest BCUT2D eigenvalue weighted by Crippen LogP contribution is 2.16. The number of hydrogen-bond donors (Lipinski definition) is 1. The van der Waals surface area contributed by atoms with Crippen molar-refractivity contribution < 1.29 is 9.47 Å². The number of nitrogen functional groups attached to an aromatic ring is 1. The molecule has 4 nitrogen and oxygen atoms in total. The average Bonchev–Trinajstić information content (AvgIpc) is 2.18. The van der Waals surface area contributed by atoms with E-state index in [1.807, 2.05) is 13.8 Å². The van der Waals surface area contributed by atoms with E-state index in [9.17, 15) is 0 Å². The molecule has 84 valence electrons. The van der Waals surface area contributed by atoms with Gasteiger partial charge in [-0.3, -0.25) is 4.98 Å². The van der Waals surface area contributed by atoms with Crippen LogP contribution < -0.4 is 10.5 Å². The topological polar surface area (TPSA) is 57.4 Å². The summed E-state index contributed by atoms with van der Waals surface area (Å²) < 4.78 is 10.8. The average molecular weight is 210 g/mol. The fraction of sp³-hybridized carbons (Fsp3) is 0.545. The van der Waals surface area contributed by atoms with Crippen molar-refractivity contribution in [2.45, 2.75) is 25.9 Å². The zero-order valence-electron chi connectivity index (χ0n) is 9.49. The molecule has 0 aliphatic heterocycles. The van der Waals surface area contributed by atoms with Gasteiger partial charge in [0, 0.05) is 19.6 Å². The maximum absolute atomic E-state index is 5.58. The lowest BCUT2D eigenvalue weighted by molar-refractivity contribution is 0.00543. The number of ether oxygens (including phenoxy) is 2. The lowest BCUT2D eigenvalue weighted by Gasteiger charge is -2.22. The summed E-state index contributed by atoms with van der Waals surface area (Å²) in [5, 5.41) is 0. The monoisotopic (exact) mass is 210 g/mol. The minimum Gasteiger partial charge on any atom is -0.492 e. The summed E-state index contributed by atoms with van der Waals surface area (Å²) in [6.07, 6.45) is 4.06. The number of rotatable bonds is 5. The summed E-state index contributed by atoms with van der Waals surface area (Å²) >= 11 is 0. The van der Waals surface area contributed by atoms with Gasteiger partial charge in [-0.05, 0) is 13.8 Å². The van der Waals surface area contributed by atoms with Crippen LogP contribution in [0.4, 0.5) is 5.69 Å². The molecule has 0 unspecified atom stereocenters. The normalized spacial score (nSPS) is 11.4. The van der Waals surface area contributed by atoms with Gasteiger partial charge in [0.05, 0.1) is 30.3 Å². The number of nitrogens with zero attached hydrogens (tertiary/aromatic N) is 1. The minimum absolute atomic E-state index is 0.159. The maximum atomic E-state index is 5.58. The number of hydrogen-bond acceptors (Lipinski definition) is 4. The minimum atomic E-state index is -0.159. The van der Waals surface area contributed by atoms with Gasteiger partial charge in [0.15, 0.2) is 0 Å². The van der Waals surface area contributed by atoms with Crippen molar-refractivity contribution in [3.63, 3.8) is 0 Å². The second-order valence-corrected chi connectivity index (χ2v) is 4.02. The Morgan fingerprint density at radius 1 is 1.40 bits per heavy atom. The molecule has 0 spiro atoms. The Bertz CT molecular complexity index is 313. The molecule has 0 saturated carbocycles. The molecule has 4 heteroatoms. The van der Waals surface area contributed by atoms with E-state index in [1.165, 1.54) is 0 Å². The Kier molecular flexibility index (Phi) is 3.91. The molecule has 0 aliphatic carbocycles. The van der Waals surface area contributed by atoms with Crippen LogP contribution in [0.2, 0.25) is 0 Å². The number of pyridine rings is 1. The first-order chi connectivity index (χ1) is 7.03. The molecule has 1 heterocycles. The second-order valence-electron chi connectivity index (χ2n) is 4.02. The zero-order chi connectivity index (χ0) is 11.3. The maximum Gasteiger partial charge on any atom is 0.139 e. The van der Waals surface area contributed by atoms with E-state index >= 15 is 0 Å². The first kappa shape index (κ1) is 11.8. The van der Waals surface area contributed by atoms with E-state index in [-0.39, 0.29) is 5.60 Å². The van der Waals surface area contributed by atoms with Gasteiger partial charge in [-0.25, -0.2) is 0 Å². The van der Waals surface area contributed by atoms with E-state index < -0.39 is 0 Å². The number of aromatic nitrogens is 1. The molecule has 0 aliphatic rings. The molecule has 0 radical (unpaired) electrons. The molecule has 0 amide bonds. The summed E-state index contributed by atoms with van der Waals surface area (Å²) in [6, 6.07) is 1.76. The van der Waals surface area contributed by atoms with Crippen molar-refractivity contribution >= 4 is 5.69 Å². The first-order valence-electron chi connectivity index (χ1n) is 4.92. The number of nitrogens with two attached hydrogens (primary N) is 1. The molecule has 1 rings (SSSR count). The van der Waals surface area contributed by atoms with Crippen LogP contribution in [-0.2, 0) is 4.74 Å². The summed E-state index contributed by atoms with van der Waals surface area (Å²) in [6.45, 7) is 4.63. The molecule has 2 N–H and O–H groups in total. The zero-order valence-corrected chi connectivity index (χ0v) is 9.49. The number of methoxy groups -OCH3 is 1. The van der Waals surface area contributed by atoms with Gasteiger partial charge in [0.1, 0.15) is 5.75 Å². The van der Waals surface area contributed by atoms with Crippen LogP contribution in [0.15, 0.2) is 18.5 Å². The third kappa shape index (κ3) is 4.16. The standard InChI is InChI=1S/C11H18N2O2/c1-11(2,14-3)4-5-15-10-6-9(12)7-13-8-10/h6-8H,4-5,12H2,1-3H3. The Morgan fingerprint density at radius 3 is 2.73 bits per heavy atom. The van der Waals surface area contributed by atoms with Gasteiger partial charge in [-0.2, -0.15) is 0 Å². The SMILES string of the molecule is COC(C)(C)CCOc1cncc(N)c1. The van der Waals surface area contributed by atoms with Crippen LogP contribution >= 0.6 is 0 Å². The lowest BCUT2D eigenvalue weighted by Crippen LogP contribution is -2.25. The van der Waals surface area contributed by atoms with Gasteiger partial charge in [-0.1, -0.05) is 0 Å². The summed E-state index contributed by atoms with van der Waals surface area (Å²) in [4.78, 5) is 3.94. The summed E-state index contributed by atoms with van der Waals surface area (Å²) in [5.74, 6) is 0.696. The summed E-state index contributed by atoms with van der Waals surface area (Å²) in [5.41, 5.74) is 6.03. The van der Waals surface area contributed by atoms with Crippen molar-refractivity contribution in [3.8, 4) is 5.75 Å². The molecule has 0 fully saturated rings. The molecule has 0 bridgehead atoms. The summed E-state index contributed by atoms with van der Waals surface area (Å²) in [7, 11) is 1.70. The van der Waals surface area contributed by atoms with Crippen molar-refractivity contribution in [1.29, 1.82) is 0 Å². The third-order valence-electron chi connectivity index (χ3n) is 2.26. The molecule has 0 atom stereocenters. The predicted molar refractivity (Wildman–Crippen MR) is 59.8 cm³/mol. The molecule has 0 saturated heterocycles. The van der Waals surface area contributed by atoms with Gasteiger partial charge in [0.2, 0.25) is 0 Å². The van der Waals surface area contributed by atoms with Crippen molar-refractivity contribution in [1.82, 2.24) is 4.98 Å². The fourth-order valence-electron chi connectivity index (χ4n) is 1.03. The number of anilines is 1. The Labute approximate surface area is 90.4 Å². The predicted octanol–water partition coefficient (Wildman–Crippen LogP) is 1.86. The third-order valence-corrected chi connectivity index (χ3v) is 2.26. The van der Waals surface area contributed by atoms with E-state index in [1.54, 1.807) is 25.6 Å². The van der Waals surface area contributed by atoms with Crippen LogP contribution in [0.5, 0.6) is 5.75 Å². The Morgan fingerprint density at radius 2 is 2.13 bits per heavy atom. The van der Waals surface area contributed by atoms with Gasteiger partial charge < -0.3 is 15.2 Å². The molecule has 0 aromatic carbocycles. The largest absolute Gasteiger partial charge is 0.492 e. The molecular formula is C11H18N2O2. The van der Waals surface area contributed by atoms with Crippen LogP contribution in [0.25, 0.3) is 0 Å². The van der Waals surface area contributed by atoms with E-state index in [2.05, 4.69) is 4.98 Å². The fourth-order valence-corrected chi connectivity index (χ4v) is 1.03. The first-order valence-corrected chi connectivity index (χ1v) is 4.92. The van der Waals surface area contributed by atoms with Gasteiger partial charge in [-0.15, -0.1) is 0 Å². The lowest BCUT2D eigenvalue weighted by atomic mass is 10.1. The molecule has 1 aromatic rings. The molecular weight excluding hydrogens is 192 g/mol. The highest BCUT2D eigenvalue weighted by Gasteiger charge is 2.15. The quantitative estimate of drug-likeness (QED) is 0.805. The smallest absolute Gasteiger partial charge is 0.139 e. The van der Waals surface area contributed by atoms with E-state index in [4.69, 9.17) is 15.2 Å². The van der Waals surface area contributed by atoms with Crippen molar-refractivity contribution in [2.75, 3.05) is 19.5 Å². The highest BCUT2D eigenvalue weighted by atomic mass is 16.5. The van der Waals surface area contributed by atoms with Gasteiger partial charge in [0.25, 0.3) is 0 Å². The van der Waals surface area contributed by atoms with E-state index in [0.29, 0.717) is 18.0 Å². The molecule has 1 aromatic heterocycles. The van der Waals surface area contributed by atoms with Crippen molar-refractivity contribution in [2.24, 2.45) is 0 Å². The van der Waals surface area contributed by atoms with Crippen LogP contribution in [0.3, 0.4) is 0 Å². The Hall–Kier alpha value is -1.29. The van der Waals surface area contributed by atoms with Crippen molar-refractivity contribution in [3.05, 3.63) is 18.5 Å². The van der Waals surface area contributed by atoms with Crippen LogP contribution in [0.1, 0.15) is 20.3 Å². The van der Waals surface area contributed by atoms with Crippen LogP contribution in [-0.4, -0.2) is 24.3 Å². The highest BCUT2D eigenvalue weighted by molar-refractivity contribution is 5.39. The van der Waals surface area contributed by atoms with E-state index in [0.717, 1.165) is 6.42 Å². The Balaban J connectivity index is 2.38. The molecule has 15 heavy (non-hydrogen) atoms. The second kappa shape index (κ2) is 4.98. The van der Waals surface area contributed by atoms with Crippen LogP contribution in [0, 0.1) is 0 Å². The van der Waals surface area contributed by atoms with Gasteiger partial charge >= 0.3 is 0 Å².